The fourth-order valence-corrected chi connectivity index (χ4v) is 4.47. The van der Waals surface area contributed by atoms with Gasteiger partial charge in [-0.1, -0.05) is 0 Å². The molecule has 164 valence electrons. The zero-order chi connectivity index (χ0) is 22.4. The molecule has 2 heterocycles. The highest BCUT2D eigenvalue weighted by molar-refractivity contribution is 5.92. The number of aromatic nitrogens is 3. The minimum atomic E-state index is -0.681. The van der Waals surface area contributed by atoms with Gasteiger partial charge in [-0.25, -0.2) is 13.2 Å². The molecule has 2 N–H and O–H groups in total. The summed E-state index contributed by atoms with van der Waals surface area (Å²) in [4.78, 5) is 15.6. The van der Waals surface area contributed by atoms with Crippen molar-refractivity contribution >= 4 is 16.8 Å². The van der Waals surface area contributed by atoms with Crippen molar-refractivity contribution in [1.82, 2.24) is 20.1 Å². The molecule has 32 heavy (non-hydrogen) atoms. The monoisotopic (exact) mass is 438 g/mol. The van der Waals surface area contributed by atoms with E-state index in [0.29, 0.717) is 36.0 Å². The number of nitrogens with zero attached hydrogens (tertiary/aromatic N) is 2. The molecule has 0 spiro atoms. The van der Waals surface area contributed by atoms with Crippen LogP contribution in [-0.4, -0.2) is 20.7 Å². The van der Waals surface area contributed by atoms with Gasteiger partial charge < -0.3 is 10.3 Å². The second kappa shape index (κ2) is 7.85. The summed E-state index contributed by atoms with van der Waals surface area (Å²) < 4.78 is 43.6. The van der Waals surface area contributed by atoms with Crippen LogP contribution in [0.3, 0.4) is 0 Å². The smallest absolute Gasteiger partial charge is 0.223 e. The van der Waals surface area contributed by atoms with E-state index in [9.17, 15) is 18.0 Å². The van der Waals surface area contributed by atoms with E-state index in [1.807, 2.05) is 13.2 Å². The van der Waals surface area contributed by atoms with Gasteiger partial charge in [-0.3, -0.25) is 9.48 Å². The molecule has 1 fully saturated rings. The average Bonchev–Trinajstić information content (AvgIpc) is 3.30. The summed E-state index contributed by atoms with van der Waals surface area (Å²) in [5.74, 6) is -1.99. The molecule has 8 heteroatoms. The number of fused-ring (bicyclic) bond motifs is 1. The van der Waals surface area contributed by atoms with Crippen LogP contribution in [0.2, 0.25) is 0 Å². The number of aryl methyl sites for hydroxylation is 1. The molecule has 0 atom stereocenters. The van der Waals surface area contributed by atoms with Crippen molar-refractivity contribution in [1.29, 1.82) is 0 Å². The van der Waals surface area contributed by atoms with Gasteiger partial charge in [-0.05, 0) is 60.2 Å². The number of halogens is 3. The summed E-state index contributed by atoms with van der Waals surface area (Å²) in [6.07, 6.45) is 4.68. The number of hydrogen-bond acceptors (Lipinski definition) is 2. The zero-order valence-corrected chi connectivity index (χ0v) is 17.3. The van der Waals surface area contributed by atoms with Crippen molar-refractivity contribution in [2.24, 2.45) is 13.0 Å². The normalized spacial score (nSPS) is 18.0. The van der Waals surface area contributed by atoms with Crippen LogP contribution in [0.4, 0.5) is 13.2 Å². The van der Waals surface area contributed by atoms with Crippen LogP contribution in [0, 0.1) is 23.4 Å². The molecule has 5 rings (SSSR count). The lowest BCUT2D eigenvalue weighted by Crippen LogP contribution is -2.37. The molecule has 1 amide bonds. The van der Waals surface area contributed by atoms with Gasteiger partial charge in [0.15, 0.2) is 0 Å². The Morgan fingerprint density at radius 2 is 1.91 bits per heavy atom. The zero-order valence-electron chi connectivity index (χ0n) is 17.3. The third kappa shape index (κ3) is 3.66. The van der Waals surface area contributed by atoms with Crippen molar-refractivity contribution in [3.63, 3.8) is 0 Å². The highest BCUT2D eigenvalue weighted by Crippen LogP contribution is 2.48. The predicted octanol–water partition coefficient (Wildman–Crippen LogP) is 4.80. The number of H-pyrrole nitrogens is 1. The van der Waals surface area contributed by atoms with Gasteiger partial charge in [-0.2, -0.15) is 5.10 Å². The highest BCUT2D eigenvalue weighted by atomic mass is 19.1. The summed E-state index contributed by atoms with van der Waals surface area (Å²) >= 11 is 0. The first-order valence-electron chi connectivity index (χ1n) is 10.4. The van der Waals surface area contributed by atoms with Gasteiger partial charge in [0.25, 0.3) is 0 Å². The van der Waals surface area contributed by atoms with E-state index in [1.165, 1.54) is 18.2 Å². The fourth-order valence-electron chi connectivity index (χ4n) is 4.47. The molecule has 0 radical (unpaired) electrons. The van der Waals surface area contributed by atoms with E-state index in [0.717, 1.165) is 17.2 Å². The molecule has 4 aromatic rings. The molecule has 0 bridgehead atoms. The van der Waals surface area contributed by atoms with Gasteiger partial charge in [0.1, 0.15) is 17.5 Å². The Bertz CT molecular complexity index is 1300. The summed E-state index contributed by atoms with van der Waals surface area (Å²) in [5.41, 5.74) is 3.20. The van der Waals surface area contributed by atoms with Gasteiger partial charge >= 0.3 is 0 Å². The Morgan fingerprint density at radius 1 is 1.16 bits per heavy atom. The van der Waals surface area contributed by atoms with E-state index < -0.39 is 11.6 Å². The van der Waals surface area contributed by atoms with Gasteiger partial charge in [0.2, 0.25) is 5.91 Å². The molecule has 5 nitrogen and oxygen atoms in total. The van der Waals surface area contributed by atoms with E-state index in [1.54, 1.807) is 23.0 Å². The quantitative estimate of drug-likeness (QED) is 0.470. The topological polar surface area (TPSA) is 62.7 Å². The van der Waals surface area contributed by atoms with Crippen molar-refractivity contribution < 1.29 is 18.0 Å². The second-order valence-corrected chi connectivity index (χ2v) is 8.34. The van der Waals surface area contributed by atoms with Crippen molar-refractivity contribution in [2.75, 3.05) is 0 Å². The lowest BCUT2D eigenvalue weighted by Gasteiger charge is -2.35. The molecule has 1 saturated carbocycles. The molecular weight excluding hydrogens is 417 g/mol. The van der Waals surface area contributed by atoms with Gasteiger partial charge in [-0.15, -0.1) is 0 Å². The summed E-state index contributed by atoms with van der Waals surface area (Å²) in [6, 6.07) is 8.02. The maximum Gasteiger partial charge on any atom is 0.223 e. The van der Waals surface area contributed by atoms with Crippen LogP contribution >= 0.6 is 0 Å². The number of amides is 1. The maximum absolute atomic E-state index is 14.5. The van der Waals surface area contributed by atoms with Crippen molar-refractivity contribution in [3.8, 4) is 11.3 Å². The van der Waals surface area contributed by atoms with E-state index in [2.05, 4.69) is 15.4 Å². The lowest BCUT2D eigenvalue weighted by molar-refractivity contribution is -0.128. The van der Waals surface area contributed by atoms with E-state index in [4.69, 9.17) is 0 Å². The minimum absolute atomic E-state index is 0.0425. The molecule has 2 aromatic carbocycles. The van der Waals surface area contributed by atoms with Crippen LogP contribution < -0.4 is 5.32 Å². The highest BCUT2D eigenvalue weighted by Gasteiger charge is 2.38. The number of carbonyl (C=O) groups excluding carboxylic acids is 1. The van der Waals surface area contributed by atoms with Gasteiger partial charge in [0, 0.05) is 42.7 Å². The lowest BCUT2D eigenvalue weighted by atomic mass is 9.70. The second-order valence-electron chi connectivity index (χ2n) is 8.34. The van der Waals surface area contributed by atoms with Crippen molar-refractivity contribution in [2.45, 2.75) is 25.3 Å². The Labute approximate surface area is 182 Å². The largest absolute Gasteiger partial charge is 0.352 e. The summed E-state index contributed by atoms with van der Waals surface area (Å²) in [6.45, 7) is 0.401. The first-order chi connectivity index (χ1) is 15.4. The van der Waals surface area contributed by atoms with Crippen LogP contribution in [0.25, 0.3) is 22.2 Å². The molecule has 2 aromatic heterocycles. The van der Waals surface area contributed by atoms with Crippen molar-refractivity contribution in [3.05, 3.63) is 77.4 Å². The Hall–Kier alpha value is -3.55. The average molecular weight is 438 g/mol. The van der Waals surface area contributed by atoms with Crippen LogP contribution in [0.1, 0.15) is 29.9 Å². The molecule has 1 aliphatic rings. The Kier molecular flexibility index (Phi) is 5.00. The molecule has 1 aliphatic carbocycles. The number of aromatic amines is 1. The van der Waals surface area contributed by atoms with Crippen LogP contribution in [0.15, 0.2) is 48.8 Å². The third-order valence-corrected chi connectivity index (χ3v) is 6.14. The Morgan fingerprint density at radius 3 is 2.59 bits per heavy atom. The summed E-state index contributed by atoms with van der Waals surface area (Å²) in [5, 5.41) is 7.47. The predicted molar refractivity (Wildman–Crippen MR) is 114 cm³/mol. The third-order valence-electron chi connectivity index (χ3n) is 6.14. The molecule has 0 unspecified atom stereocenters. The first kappa shape index (κ1) is 20.4. The number of carbonyl (C=O) groups is 1. The van der Waals surface area contributed by atoms with Gasteiger partial charge in [0.05, 0.1) is 17.4 Å². The summed E-state index contributed by atoms with van der Waals surface area (Å²) in [7, 11) is 1.81. The van der Waals surface area contributed by atoms with E-state index >= 15 is 0 Å². The van der Waals surface area contributed by atoms with Crippen LogP contribution in [-0.2, 0) is 18.4 Å². The number of hydrogen-bond donors (Lipinski definition) is 2. The number of benzene rings is 2. The number of rotatable bonds is 5. The SMILES string of the molecule is Cn1cc(CNC(=O)[C@H]2C[C@H](c3c(-c4ccc(F)cc4)[nH]c4c(F)cc(F)cc43)C2)cn1. The van der Waals surface area contributed by atoms with Crippen LogP contribution in [0.5, 0.6) is 0 Å². The fraction of sp³-hybridized carbons (Fsp3) is 0.250. The van der Waals surface area contributed by atoms with E-state index in [-0.39, 0.29) is 29.1 Å². The standard InChI is InChI=1S/C24H21F3N4O/c1-31-12-13(11-29-31)10-28-24(32)16-6-15(7-16)21-19-8-18(26)9-20(27)23(19)30-22(21)14-2-4-17(25)5-3-14/h2-5,8-9,11-12,15-16,30H,6-7,10H2,1H3,(H,28,32)/t15-,16-. The minimum Gasteiger partial charge on any atom is -0.352 e. The Balaban J connectivity index is 1.40. The molecule has 0 aliphatic heterocycles. The first-order valence-corrected chi connectivity index (χ1v) is 10.4. The molecular formula is C24H21F3N4O. The number of nitrogens with one attached hydrogen (secondary N) is 2. The maximum atomic E-state index is 14.5. The molecule has 0 saturated heterocycles.